The van der Waals surface area contributed by atoms with Crippen molar-refractivity contribution in [2.75, 3.05) is 11.9 Å². The quantitative estimate of drug-likeness (QED) is 0.540. The van der Waals surface area contributed by atoms with Gasteiger partial charge in [0, 0.05) is 18.8 Å². The molecule has 1 aromatic heterocycles. The maximum Gasteiger partial charge on any atom is 0.290 e. The average Bonchev–Trinajstić information content (AvgIpc) is 2.73. The molecule has 0 radical (unpaired) electrons. The summed E-state index contributed by atoms with van der Waals surface area (Å²) in [5.74, 6) is -0.603. The highest BCUT2D eigenvalue weighted by Crippen LogP contribution is 2.20. The van der Waals surface area contributed by atoms with Crippen LogP contribution in [0.1, 0.15) is 0 Å². The van der Waals surface area contributed by atoms with Crippen molar-refractivity contribution in [3.8, 4) is 0 Å². The summed E-state index contributed by atoms with van der Waals surface area (Å²) in [4.78, 5) is 26.6. The summed E-state index contributed by atoms with van der Waals surface area (Å²) in [6, 6.07) is 5.08. The molecule has 76 valence electrons. The second-order valence-electron chi connectivity index (χ2n) is 3.02. The normalized spacial score (nSPS) is 10.2. The number of nitrogens with zero attached hydrogens (tertiary/aromatic N) is 2. The average molecular weight is 204 g/mol. The number of amides is 1. The third-order valence-corrected chi connectivity index (χ3v) is 2.13. The second kappa shape index (κ2) is 3.53. The van der Waals surface area contributed by atoms with Crippen LogP contribution in [0.3, 0.4) is 0 Å². The molecule has 0 saturated carbocycles. The summed E-state index contributed by atoms with van der Waals surface area (Å²) in [7, 11) is 1.52. The Labute approximate surface area is 85.3 Å². The van der Waals surface area contributed by atoms with Gasteiger partial charge >= 0.3 is 0 Å². The smallest absolute Gasteiger partial charge is 0.290 e. The third kappa shape index (κ3) is 1.59. The Morgan fingerprint density at radius 2 is 2.33 bits per heavy atom. The summed E-state index contributed by atoms with van der Waals surface area (Å²) < 4.78 is 5.08. The number of hydrogen-bond donors (Lipinski definition) is 0. The zero-order valence-corrected chi connectivity index (χ0v) is 8.01. The molecular weight excluding hydrogens is 196 g/mol. The Bertz CT molecular complexity index is 518. The fourth-order valence-corrected chi connectivity index (χ4v) is 1.26. The highest BCUT2D eigenvalue weighted by molar-refractivity contribution is 6.30. The molecule has 15 heavy (non-hydrogen) atoms. The predicted octanol–water partition coefficient (Wildman–Crippen LogP) is 0.989. The van der Waals surface area contributed by atoms with Crippen molar-refractivity contribution in [1.82, 2.24) is 4.98 Å². The van der Waals surface area contributed by atoms with Gasteiger partial charge in [0.15, 0.2) is 12.0 Å². The van der Waals surface area contributed by atoms with Crippen LogP contribution in [0.15, 0.2) is 29.0 Å². The molecule has 0 N–H and O–H groups in total. The van der Waals surface area contributed by atoms with Crippen molar-refractivity contribution in [3.05, 3.63) is 24.6 Å². The van der Waals surface area contributed by atoms with Crippen LogP contribution in [0.4, 0.5) is 5.69 Å². The molecule has 0 aliphatic heterocycles. The van der Waals surface area contributed by atoms with E-state index >= 15 is 0 Å². The van der Waals surface area contributed by atoms with Crippen molar-refractivity contribution in [1.29, 1.82) is 0 Å². The number of hydrogen-bond acceptors (Lipinski definition) is 4. The first-order valence-corrected chi connectivity index (χ1v) is 4.28. The van der Waals surface area contributed by atoms with Crippen LogP contribution in [0, 0.1) is 0 Å². The molecule has 0 aliphatic rings. The van der Waals surface area contributed by atoms with Gasteiger partial charge in [-0.25, -0.2) is 4.98 Å². The number of benzene rings is 1. The topological polar surface area (TPSA) is 63.4 Å². The molecule has 2 rings (SSSR count). The van der Waals surface area contributed by atoms with E-state index in [4.69, 9.17) is 4.42 Å². The Morgan fingerprint density at radius 3 is 3.07 bits per heavy atom. The van der Waals surface area contributed by atoms with E-state index in [1.54, 1.807) is 18.2 Å². The number of aromatic nitrogens is 1. The molecule has 1 heterocycles. The van der Waals surface area contributed by atoms with E-state index in [0.29, 0.717) is 16.8 Å². The molecule has 0 bridgehead atoms. The van der Waals surface area contributed by atoms with Gasteiger partial charge in [-0.3, -0.25) is 9.59 Å². The molecule has 0 aliphatic carbocycles. The van der Waals surface area contributed by atoms with Gasteiger partial charge in [-0.2, -0.15) is 0 Å². The molecule has 0 spiro atoms. The number of anilines is 1. The summed E-state index contributed by atoms with van der Waals surface area (Å²) in [6.07, 6.45) is 1.60. The fourth-order valence-electron chi connectivity index (χ4n) is 1.26. The van der Waals surface area contributed by atoms with Gasteiger partial charge in [-0.1, -0.05) is 0 Å². The minimum Gasteiger partial charge on any atom is -0.443 e. The lowest BCUT2D eigenvalue weighted by Gasteiger charge is -2.13. The molecule has 2 aromatic rings. The lowest BCUT2D eigenvalue weighted by Crippen LogP contribution is -2.26. The van der Waals surface area contributed by atoms with Gasteiger partial charge in [0.1, 0.15) is 5.52 Å². The Balaban J connectivity index is 2.43. The van der Waals surface area contributed by atoms with Crippen molar-refractivity contribution in [2.45, 2.75) is 0 Å². The third-order valence-electron chi connectivity index (χ3n) is 2.13. The standard InChI is InChI=1S/C10H8N2O3/c1-12(10(14)5-13)7-2-3-8-9(4-7)15-6-11-8/h2-6H,1H3. The van der Waals surface area contributed by atoms with E-state index in [0.717, 1.165) is 0 Å². The van der Waals surface area contributed by atoms with Crippen molar-refractivity contribution < 1.29 is 14.0 Å². The molecule has 5 heteroatoms. The van der Waals surface area contributed by atoms with E-state index in [1.807, 2.05) is 0 Å². The SMILES string of the molecule is CN(C(=O)C=O)c1ccc2ncoc2c1. The van der Waals surface area contributed by atoms with Crippen molar-refractivity contribution in [2.24, 2.45) is 0 Å². The molecule has 1 amide bonds. The maximum atomic E-state index is 11.1. The Hall–Kier alpha value is -2.17. The van der Waals surface area contributed by atoms with Crippen molar-refractivity contribution >= 4 is 29.0 Å². The number of carbonyl (C=O) groups is 2. The summed E-state index contributed by atoms with van der Waals surface area (Å²) in [5, 5.41) is 0. The summed E-state index contributed by atoms with van der Waals surface area (Å²) in [5.41, 5.74) is 1.89. The first-order chi connectivity index (χ1) is 7.22. The van der Waals surface area contributed by atoms with Crippen LogP contribution in [-0.2, 0) is 9.59 Å². The van der Waals surface area contributed by atoms with E-state index in [2.05, 4.69) is 4.98 Å². The van der Waals surface area contributed by atoms with Gasteiger partial charge in [-0.05, 0) is 12.1 Å². The van der Waals surface area contributed by atoms with E-state index in [9.17, 15) is 9.59 Å². The molecule has 0 saturated heterocycles. The largest absolute Gasteiger partial charge is 0.443 e. The van der Waals surface area contributed by atoms with Crippen LogP contribution < -0.4 is 4.90 Å². The predicted molar refractivity (Wildman–Crippen MR) is 53.5 cm³/mol. The van der Waals surface area contributed by atoms with Crippen LogP contribution >= 0.6 is 0 Å². The zero-order chi connectivity index (χ0) is 10.8. The fraction of sp³-hybridized carbons (Fsp3) is 0.100. The number of likely N-dealkylation sites (N-methyl/N-ethyl adjacent to an activating group) is 1. The molecule has 5 nitrogen and oxygen atoms in total. The van der Waals surface area contributed by atoms with Crippen LogP contribution in [0.2, 0.25) is 0 Å². The lowest BCUT2D eigenvalue weighted by molar-refractivity contribution is -0.129. The van der Waals surface area contributed by atoms with Crippen LogP contribution in [0.25, 0.3) is 11.1 Å². The first kappa shape index (κ1) is 9.39. The molecular formula is C10H8N2O3. The lowest BCUT2D eigenvalue weighted by atomic mass is 10.2. The molecule has 1 aromatic carbocycles. The first-order valence-electron chi connectivity index (χ1n) is 4.28. The minimum atomic E-state index is -0.603. The van der Waals surface area contributed by atoms with Gasteiger partial charge in [0.2, 0.25) is 6.29 Å². The number of carbonyl (C=O) groups excluding carboxylic acids is 2. The van der Waals surface area contributed by atoms with Crippen LogP contribution in [-0.4, -0.2) is 24.2 Å². The number of aldehydes is 1. The number of oxazole rings is 1. The van der Waals surface area contributed by atoms with Crippen molar-refractivity contribution in [3.63, 3.8) is 0 Å². The Morgan fingerprint density at radius 1 is 1.53 bits per heavy atom. The Kier molecular flexibility index (Phi) is 2.21. The van der Waals surface area contributed by atoms with E-state index in [-0.39, 0.29) is 6.29 Å². The van der Waals surface area contributed by atoms with Gasteiger partial charge in [0.25, 0.3) is 5.91 Å². The number of fused-ring (bicyclic) bond motifs is 1. The highest BCUT2D eigenvalue weighted by Gasteiger charge is 2.10. The van der Waals surface area contributed by atoms with Crippen LogP contribution in [0.5, 0.6) is 0 Å². The molecule has 0 atom stereocenters. The molecule has 0 fully saturated rings. The highest BCUT2D eigenvalue weighted by atomic mass is 16.3. The van der Waals surface area contributed by atoms with Gasteiger partial charge in [-0.15, -0.1) is 0 Å². The summed E-state index contributed by atoms with van der Waals surface area (Å²) >= 11 is 0. The van der Waals surface area contributed by atoms with Gasteiger partial charge < -0.3 is 9.32 Å². The maximum absolute atomic E-state index is 11.1. The van der Waals surface area contributed by atoms with Gasteiger partial charge in [0.05, 0.1) is 0 Å². The summed E-state index contributed by atoms with van der Waals surface area (Å²) in [6.45, 7) is 0. The second-order valence-corrected chi connectivity index (χ2v) is 3.02. The monoisotopic (exact) mass is 204 g/mol. The van der Waals surface area contributed by atoms with E-state index < -0.39 is 5.91 Å². The van der Waals surface area contributed by atoms with E-state index in [1.165, 1.54) is 18.3 Å². The zero-order valence-electron chi connectivity index (χ0n) is 8.01. The minimum absolute atomic E-state index is 0.268. The molecule has 0 unspecified atom stereocenters. The number of rotatable bonds is 2.